The standard InChI is InChI=1S/C8H11N.FH/c1-9(2)8-6-4-3-5-7-8;/h3-7H,1-2H3;1H/p-1. The van der Waals surface area contributed by atoms with Gasteiger partial charge in [-0.3, -0.25) is 0 Å². The van der Waals surface area contributed by atoms with Crippen molar-refractivity contribution in [3.8, 4) is 0 Å². The molecule has 0 aliphatic carbocycles. The van der Waals surface area contributed by atoms with Crippen LogP contribution < -0.4 is 9.60 Å². The van der Waals surface area contributed by atoms with Crippen LogP contribution in [0.25, 0.3) is 0 Å². The Morgan fingerprint density at radius 1 is 1.00 bits per heavy atom. The summed E-state index contributed by atoms with van der Waals surface area (Å²) in [6.45, 7) is 0. The van der Waals surface area contributed by atoms with Crippen LogP contribution >= 0.6 is 0 Å². The fraction of sp³-hybridized carbons (Fsp3) is 0.250. The lowest BCUT2D eigenvalue weighted by molar-refractivity contribution is -0.00000191. The first-order chi connectivity index (χ1) is 4.30. The number of rotatable bonds is 1. The van der Waals surface area contributed by atoms with E-state index in [4.69, 9.17) is 0 Å². The van der Waals surface area contributed by atoms with Gasteiger partial charge in [-0.2, -0.15) is 0 Å². The molecule has 0 saturated carbocycles. The molecule has 2 heteroatoms. The van der Waals surface area contributed by atoms with Crippen molar-refractivity contribution in [1.82, 2.24) is 0 Å². The summed E-state index contributed by atoms with van der Waals surface area (Å²) in [7, 11) is 4.07. The predicted octanol–water partition coefficient (Wildman–Crippen LogP) is -1.24. The Kier molecular flexibility index (Phi) is 3.47. The van der Waals surface area contributed by atoms with Crippen LogP contribution in [0.4, 0.5) is 5.69 Å². The average molecular weight is 140 g/mol. The molecule has 1 aromatic carbocycles. The zero-order valence-electron chi connectivity index (χ0n) is 6.21. The summed E-state index contributed by atoms with van der Waals surface area (Å²) in [4.78, 5) is 2.08. The van der Waals surface area contributed by atoms with Crippen LogP contribution in [0.3, 0.4) is 0 Å². The maximum Gasteiger partial charge on any atom is 0.0360 e. The molecule has 1 rings (SSSR count). The monoisotopic (exact) mass is 140 g/mol. The third-order valence-electron chi connectivity index (χ3n) is 1.27. The number of benzene rings is 1. The van der Waals surface area contributed by atoms with Gasteiger partial charge in [0.25, 0.3) is 0 Å². The van der Waals surface area contributed by atoms with E-state index in [0.717, 1.165) is 0 Å². The van der Waals surface area contributed by atoms with Gasteiger partial charge >= 0.3 is 0 Å². The molecule has 1 nitrogen and oxygen atoms in total. The summed E-state index contributed by atoms with van der Waals surface area (Å²) in [5.41, 5.74) is 1.25. The van der Waals surface area contributed by atoms with Gasteiger partial charge in [0.1, 0.15) is 0 Å². The lowest BCUT2D eigenvalue weighted by atomic mass is 10.3. The van der Waals surface area contributed by atoms with E-state index in [9.17, 15) is 0 Å². The Morgan fingerprint density at radius 3 is 1.80 bits per heavy atom. The van der Waals surface area contributed by atoms with E-state index in [1.807, 2.05) is 32.3 Å². The maximum absolute atomic E-state index is 2.08. The van der Waals surface area contributed by atoms with Gasteiger partial charge in [0.15, 0.2) is 0 Å². The molecular formula is C8H11FN-. The van der Waals surface area contributed by atoms with Crippen molar-refractivity contribution in [2.45, 2.75) is 0 Å². The number of hydrogen-bond donors (Lipinski definition) is 0. The second-order valence-corrected chi connectivity index (χ2v) is 2.23. The van der Waals surface area contributed by atoms with Gasteiger partial charge in [0.2, 0.25) is 0 Å². The molecule has 0 saturated heterocycles. The molecule has 0 aliphatic heterocycles. The third-order valence-corrected chi connectivity index (χ3v) is 1.27. The van der Waals surface area contributed by atoms with E-state index in [-0.39, 0.29) is 4.70 Å². The van der Waals surface area contributed by atoms with E-state index in [2.05, 4.69) is 17.0 Å². The molecule has 0 aliphatic rings. The Balaban J connectivity index is 0.000000810. The summed E-state index contributed by atoms with van der Waals surface area (Å²) >= 11 is 0. The van der Waals surface area contributed by atoms with E-state index < -0.39 is 0 Å². The first-order valence-corrected chi connectivity index (χ1v) is 3.03. The number of anilines is 1. The zero-order chi connectivity index (χ0) is 6.69. The minimum absolute atomic E-state index is 0. The molecule has 0 amide bonds. The van der Waals surface area contributed by atoms with Gasteiger partial charge in [0.05, 0.1) is 0 Å². The lowest BCUT2D eigenvalue weighted by Gasteiger charge is -2.10. The third kappa shape index (κ3) is 2.05. The van der Waals surface area contributed by atoms with Crippen LogP contribution in [0.1, 0.15) is 0 Å². The first-order valence-electron chi connectivity index (χ1n) is 3.03. The van der Waals surface area contributed by atoms with Crippen LogP contribution in [0.15, 0.2) is 30.3 Å². The van der Waals surface area contributed by atoms with E-state index in [0.29, 0.717) is 0 Å². The average Bonchev–Trinajstić information content (AvgIpc) is 1.90. The second-order valence-electron chi connectivity index (χ2n) is 2.23. The summed E-state index contributed by atoms with van der Waals surface area (Å²) in [5.74, 6) is 0. The summed E-state index contributed by atoms with van der Waals surface area (Å²) in [5, 5.41) is 0. The van der Waals surface area contributed by atoms with Crippen LogP contribution in [0.2, 0.25) is 0 Å². The number of nitrogens with zero attached hydrogens (tertiary/aromatic N) is 1. The fourth-order valence-electron chi connectivity index (χ4n) is 0.726. The normalized spacial score (nSPS) is 8.20. The molecule has 0 unspecified atom stereocenters. The second kappa shape index (κ2) is 3.88. The highest BCUT2D eigenvalue weighted by molar-refractivity contribution is 5.43. The molecule has 0 heterocycles. The first kappa shape index (κ1) is 8.95. The highest BCUT2D eigenvalue weighted by Crippen LogP contribution is 2.07. The molecule has 0 N–H and O–H groups in total. The van der Waals surface area contributed by atoms with E-state index in [1.165, 1.54) is 5.69 Å². The van der Waals surface area contributed by atoms with Crippen molar-refractivity contribution in [1.29, 1.82) is 0 Å². The van der Waals surface area contributed by atoms with Crippen LogP contribution in [0.5, 0.6) is 0 Å². The Labute approximate surface area is 60.6 Å². The fourth-order valence-corrected chi connectivity index (χ4v) is 0.726. The van der Waals surface area contributed by atoms with Gasteiger partial charge in [-0.25, -0.2) is 0 Å². The molecule has 0 bridgehead atoms. The quantitative estimate of drug-likeness (QED) is 0.471. The van der Waals surface area contributed by atoms with Gasteiger partial charge in [-0.15, -0.1) is 0 Å². The summed E-state index contributed by atoms with van der Waals surface area (Å²) < 4.78 is 0. The molecule has 0 fully saturated rings. The summed E-state index contributed by atoms with van der Waals surface area (Å²) in [6.07, 6.45) is 0. The van der Waals surface area contributed by atoms with Crippen molar-refractivity contribution >= 4 is 5.69 Å². The Morgan fingerprint density at radius 2 is 1.50 bits per heavy atom. The lowest BCUT2D eigenvalue weighted by Crippen LogP contribution is -3.00. The highest BCUT2D eigenvalue weighted by Gasteiger charge is 1.87. The SMILES string of the molecule is CN(C)c1ccccc1.[F-]. The van der Waals surface area contributed by atoms with Crippen molar-refractivity contribution in [2.75, 3.05) is 19.0 Å². The Bertz CT molecular complexity index is 172. The molecule has 0 radical (unpaired) electrons. The van der Waals surface area contributed by atoms with Crippen molar-refractivity contribution in [3.63, 3.8) is 0 Å². The van der Waals surface area contributed by atoms with Crippen molar-refractivity contribution in [3.05, 3.63) is 30.3 Å². The van der Waals surface area contributed by atoms with Gasteiger partial charge in [-0.05, 0) is 12.1 Å². The number of hydrogen-bond acceptors (Lipinski definition) is 1. The molecule has 0 spiro atoms. The van der Waals surface area contributed by atoms with E-state index >= 15 is 0 Å². The van der Waals surface area contributed by atoms with Crippen molar-refractivity contribution < 1.29 is 4.70 Å². The zero-order valence-corrected chi connectivity index (χ0v) is 6.21. The minimum atomic E-state index is 0. The van der Waals surface area contributed by atoms with Crippen molar-refractivity contribution in [2.24, 2.45) is 0 Å². The molecule has 0 aromatic heterocycles. The van der Waals surface area contributed by atoms with Gasteiger partial charge in [-0.1, -0.05) is 18.2 Å². The topological polar surface area (TPSA) is 3.24 Å². The summed E-state index contributed by atoms with van der Waals surface area (Å²) in [6, 6.07) is 10.3. The van der Waals surface area contributed by atoms with Gasteiger partial charge < -0.3 is 9.60 Å². The van der Waals surface area contributed by atoms with Crippen LogP contribution in [-0.2, 0) is 0 Å². The van der Waals surface area contributed by atoms with Gasteiger partial charge in [0, 0.05) is 19.8 Å². The minimum Gasteiger partial charge on any atom is -1.00 e. The number of halogens is 1. The molecule has 0 atom stereocenters. The smallest absolute Gasteiger partial charge is 0.0360 e. The van der Waals surface area contributed by atoms with E-state index in [1.54, 1.807) is 0 Å². The molecule has 56 valence electrons. The largest absolute Gasteiger partial charge is 1.00 e. The maximum atomic E-state index is 2.08. The van der Waals surface area contributed by atoms with Crippen LogP contribution in [0, 0.1) is 0 Å². The number of para-hydroxylation sites is 1. The molecule has 1 aromatic rings. The molecule has 10 heavy (non-hydrogen) atoms. The Hall–Kier alpha value is -1.05. The highest BCUT2D eigenvalue weighted by atomic mass is 19.0. The van der Waals surface area contributed by atoms with Crippen LogP contribution in [-0.4, -0.2) is 14.1 Å². The predicted molar refractivity (Wildman–Crippen MR) is 40.8 cm³/mol. The molecular weight excluding hydrogens is 129 g/mol.